The van der Waals surface area contributed by atoms with Crippen LogP contribution < -0.4 is 15.5 Å². The van der Waals surface area contributed by atoms with E-state index in [1.165, 1.54) is 11.1 Å². The monoisotopic (exact) mass is 511 g/mol. The molecule has 0 radical (unpaired) electrons. The Hall–Kier alpha value is -3.08. The number of benzene rings is 2. The van der Waals surface area contributed by atoms with Crippen molar-refractivity contribution in [3.8, 4) is 6.07 Å². The second kappa shape index (κ2) is 13.9. The van der Waals surface area contributed by atoms with Crippen LogP contribution in [0.15, 0.2) is 42.5 Å². The van der Waals surface area contributed by atoms with Crippen LogP contribution in [0.1, 0.15) is 42.5 Å². The maximum absolute atomic E-state index is 13.4. The number of fused-ring (bicyclic) bond motifs is 1. The van der Waals surface area contributed by atoms with Gasteiger partial charge in [-0.3, -0.25) is 9.59 Å². The number of rotatable bonds is 10. The number of anilines is 1. The number of halogens is 1. The Morgan fingerprint density at radius 1 is 1.11 bits per heavy atom. The smallest absolute Gasteiger partial charge is 0.242 e. The average Bonchev–Trinajstić information content (AvgIpc) is 2.85. The molecule has 1 aliphatic carbocycles. The second-order valence-electron chi connectivity index (χ2n) is 9.60. The molecule has 0 spiro atoms. The van der Waals surface area contributed by atoms with E-state index in [0.717, 1.165) is 30.5 Å². The van der Waals surface area contributed by atoms with Gasteiger partial charge in [-0.2, -0.15) is 5.26 Å². The zero-order chi connectivity index (χ0) is 25.4. The van der Waals surface area contributed by atoms with Gasteiger partial charge in [-0.25, -0.2) is 0 Å². The van der Waals surface area contributed by atoms with Gasteiger partial charge in [-0.05, 0) is 55.0 Å². The van der Waals surface area contributed by atoms with E-state index in [4.69, 9.17) is 0 Å². The lowest BCUT2D eigenvalue weighted by Gasteiger charge is -2.34. The van der Waals surface area contributed by atoms with Crippen molar-refractivity contribution in [1.82, 2.24) is 15.5 Å². The summed E-state index contributed by atoms with van der Waals surface area (Å²) in [7, 11) is 1.86. The molecule has 1 atom stereocenters. The van der Waals surface area contributed by atoms with Crippen LogP contribution in [-0.4, -0.2) is 62.0 Å². The van der Waals surface area contributed by atoms with Crippen molar-refractivity contribution in [1.29, 1.82) is 5.26 Å². The lowest BCUT2D eigenvalue weighted by molar-refractivity contribution is -0.130. The first-order chi connectivity index (χ1) is 16.8. The molecule has 0 saturated carbocycles. The number of hydrogen-bond acceptors (Lipinski definition) is 5. The molecular formula is C28H38ClN5O2. The van der Waals surface area contributed by atoms with Crippen LogP contribution in [0.25, 0.3) is 0 Å². The van der Waals surface area contributed by atoms with Crippen molar-refractivity contribution in [2.24, 2.45) is 0 Å². The minimum Gasteiger partial charge on any atom is -0.353 e. The Morgan fingerprint density at radius 3 is 2.53 bits per heavy atom. The summed E-state index contributed by atoms with van der Waals surface area (Å²) in [5.41, 5.74) is 4.81. The molecule has 3 rings (SSSR count). The topological polar surface area (TPSA) is 88.5 Å². The number of carbonyl (C=O) groups excluding carboxylic acids is 2. The summed E-state index contributed by atoms with van der Waals surface area (Å²) in [5.74, 6) is -0.190. The Balaban J connectivity index is 0.00000456. The third-order valence-corrected chi connectivity index (χ3v) is 6.60. The van der Waals surface area contributed by atoms with E-state index in [9.17, 15) is 14.9 Å². The third kappa shape index (κ3) is 7.97. The van der Waals surface area contributed by atoms with E-state index in [1.807, 2.05) is 31.0 Å². The van der Waals surface area contributed by atoms with E-state index in [-0.39, 0.29) is 43.4 Å². The summed E-state index contributed by atoms with van der Waals surface area (Å²) in [4.78, 5) is 29.8. The first-order valence-electron chi connectivity index (χ1n) is 12.4. The maximum Gasteiger partial charge on any atom is 0.242 e. The Morgan fingerprint density at radius 2 is 1.83 bits per heavy atom. The molecule has 2 aromatic rings. The highest BCUT2D eigenvalue weighted by molar-refractivity contribution is 5.87. The van der Waals surface area contributed by atoms with Crippen LogP contribution in [0, 0.1) is 18.3 Å². The van der Waals surface area contributed by atoms with Gasteiger partial charge in [-0.1, -0.05) is 44.2 Å². The zero-order valence-corrected chi connectivity index (χ0v) is 22.5. The van der Waals surface area contributed by atoms with Crippen molar-refractivity contribution in [3.63, 3.8) is 0 Å². The van der Waals surface area contributed by atoms with Crippen LogP contribution in [-0.2, 0) is 22.4 Å². The van der Waals surface area contributed by atoms with Crippen molar-refractivity contribution >= 4 is 29.9 Å². The van der Waals surface area contributed by atoms with Crippen molar-refractivity contribution in [2.75, 3.05) is 38.1 Å². The molecule has 36 heavy (non-hydrogen) atoms. The summed E-state index contributed by atoms with van der Waals surface area (Å²) >= 11 is 0. The number of carbonyl (C=O) groups is 2. The highest BCUT2D eigenvalue weighted by Crippen LogP contribution is 2.25. The summed E-state index contributed by atoms with van der Waals surface area (Å²) in [6.45, 7) is 7.35. The molecule has 0 heterocycles. The molecule has 1 aliphatic rings. The molecule has 2 N–H and O–H groups in total. The highest BCUT2D eigenvalue weighted by Gasteiger charge is 2.27. The van der Waals surface area contributed by atoms with Gasteiger partial charge in [-0.15, -0.1) is 12.4 Å². The second-order valence-corrected chi connectivity index (χ2v) is 9.60. The van der Waals surface area contributed by atoms with Gasteiger partial charge in [0, 0.05) is 37.9 Å². The van der Waals surface area contributed by atoms with Crippen molar-refractivity contribution in [2.45, 2.75) is 52.1 Å². The molecule has 8 heteroatoms. The van der Waals surface area contributed by atoms with Gasteiger partial charge in [0.25, 0.3) is 0 Å². The van der Waals surface area contributed by atoms with Crippen LogP contribution in [0.5, 0.6) is 0 Å². The van der Waals surface area contributed by atoms with E-state index < -0.39 is 0 Å². The van der Waals surface area contributed by atoms with Gasteiger partial charge >= 0.3 is 0 Å². The number of amides is 2. The first-order valence-corrected chi connectivity index (χ1v) is 12.4. The predicted molar refractivity (Wildman–Crippen MR) is 147 cm³/mol. The number of hydrogen-bond donors (Lipinski definition) is 2. The molecular weight excluding hydrogens is 474 g/mol. The van der Waals surface area contributed by atoms with E-state index in [0.29, 0.717) is 24.7 Å². The Kier molecular flexibility index (Phi) is 11.2. The zero-order valence-electron chi connectivity index (χ0n) is 21.7. The number of nitrogens with zero attached hydrogens (tertiary/aromatic N) is 3. The van der Waals surface area contributed by atoms with Crippen LogP contribution in [0.4, 0.5) is 5.69 Å². The van der Waals surface area contributed by atoms with Crippen molar-refractivity contribution in [3.05, 3.63) is 64.7 Å². The number of likely N-dealkylation sites (N-methyl/N-ethyl adjacent to an activating group) is 1. The molecule has 194 valence electrons. The van der Waals surface area contributed by atoms with E-state index in [1.54, 1.807) is 17.0 Å². The molecule has 0 saturated heterocycles. The van der Waals surface area contributed by atoms with Gasteiger partial charge in [0.2, 0.25) is 11.8 Å². The van der Waals surface area contributed by atoms with Gasteiger partial charge in [0.15, 0.2) is 0 Å². The number of nitriles is 1. The van der Waals surface area contributed by atoms with E-state index >= 15 is 0 Å². The summed E-state index contributed by atoms with van der Waals surface area (Å²) < 4.78 is 0. The Labute approximate surface area is 221 Å². The molecule has 0 aliphatic heterocycles. The molecule has 2 amide bonds. The van der Waals surface area contributed by atoms with Crippen molar-refractivity contribution < 1.29 is 9.59 Å². The maximum atomic E-state index is 13.4. The summed E-state index contributed by atoms with van der Waals surface area (Å²) in [5, 5.41) is 15.6. The van der Waals surface area contributed by atoms with Gasteiger partial charge in [0.1, 0.15) is 0 Å². The SMILES string of the molecule is Cc1ccc(C#N)cc1N(CC(=O)NCCNC(C)C)CC(=O)N(C)C1CCc2ccccc2C1.Cl. The largest absolute Gasteiger partial charge is 0.353 e. The molecule has 0 fully saturated rings. The third-order valence-electron chi connectivity index (χ3n) is 6.60. The lowest BCUT2D eigenvalue weighted by atomic mass is 9.87. The molecule has 2 aromatic carbocycles. The Bertz CT molecular complexity index is 1080. The summed E-state index contributed by atoms with van der Waals surface area (Å²) in [6, 6.07) is 16.4. The number of nitrogens with one attached hydrogen (secondary N) is 2. The average molecular weight is 512 g/mol. The van der Waals surface area contributed by atoms with Crippen LogP contribution >= 0.6 is 12.4 Å². The quantitative estimate of drug-likeness (QED) is 0.478. The normalized spacial score (nSPS) is 14.3. The van der Waals surface area contributed by atoms with E-state index in [2.05, 4.69) is 48.7 Å². The first kappa shape index (κ1) is 29.2. The standard InChI is InChI=1S/C28H37N5O2.ClH/c1-20(2)30-13-14-31-27(34)18-33(26-15-22(17-29)10-9-21(26)3)19-28(35)32(4)25-12-11-23-7-5-6-8-24(23)16-25;/h5-10,15,20,25,30H,11-14,16,18-19H2,1-4H3,(H,31,34);1H. The molecule has 7 nitrogen and oxygen atoms in total. The molecule has 1 unspecified atom stereocenters. The predicted octanol–water partition coefficient (Wildman–Crippen LogP) is 3.23. The lowest BCUT2D eigenvalue weighted by Crippen LogP contribution is -2.48. The summed E-state index contributed by atoms with van der Waals surface area (Å²) in [6.07, 6.45) is 2.72. The fourth-order valence-corrected chi connectivity index (χ4v) is 4.53. The number of aryl methyl sites for hydroxylation is 2. The highest BCUT2D eigenvalue weighted by atomic mass is 35.5. The molecule has 0 bridgehead atoms. The fraction of sp³-hybridized carbons (Fsp3) is 0.464. The van der Waals surface area contributed by atoms with Crippen LogP contribution in [0.3, 0.4) is 0 Å². The molecule has 0 aromatic heterocycles. The minimum atomic E-state index is -0.153. The van der Waals surface area contributed by atoms with Gasteiger partial charge in [0.05, 0.1) is 24.7 Å². The minimum absolute atomic E-state index is 0. The fourth-order valence-electron chi connectivity index (χ4n) is 4.53. The van der Waals surface area contributed by atoms with Gasteiger partial charge < -0.3 is 20.4 Å². The van der Waals surface area contributed by atoms with Crippen LogP contribution in [0.2, 0.25) is 0 Å².